The van der Waals surface area contributed by atoms with Crippen molar-refractivity contribution in [1.82, 2.24) is 14.5 Å². The lowest BCUT2D eigenvalue weighted by molar-refractivity contribution is -0.136. The zero-order valence-corrected chi connectivity index (χ0v) is 19.6. The summed E-state index contributed by atoms with van der Waals surface area (Å²) in [6, 6.07) is 5.58. The Labute approximate surface area is 194 Å². The Kier molecular flexibility index (Phi) is 5.82. The van der Waals surface area contributed by atoms with Crippen LogP contribution in [0, 0.1) is 5.82 Å². The number of aromatic nitrogens is 2. The number of carbonyl (C=O) groups excluding carboxylic acids is 1. The highest BCUT2D eigenvalue weighted by atomic mass is 32.2. The Balaban J connectivity index is 1.48. The zero-order valence-electron chi connectivity index (χ0n) is 17.9. The Bertz CT molecular complexity index is 1360. The van der Waals surface area contributed by atoms with Crippen LogP contribution < -0.4 is 5.56 Å². The minimum absolute atomic E-state index is 0.0131. The first-order chi connectivity index (χ1) is 15.8. The second-order valence-corrected chi connectivity index (χ2v) is 11.9. The largest absolute Gasteiger partial charge is 0.334 e. The van der Waals surface area contributed by atoms with Gasteiger partial charge in [0.25, 0.3) is 5.56 Å². The highest BCUT2D eigenvalue weighted by Gasteiger charge is 2.39. The molecule has 1 aliphatic carbocycles. The van der Waals surface area contributed by atoms with E-state index in [1.165, 1.54) is 34.4 Å². The number of nitrogens with zero attached hydrogens (tertiary/aromatic N) is 3. The number of fused-ring (bicyclic) bond motifs is 1. The zero-order chi connectivity index (χ0) is 23.2. The van der Waals surface area contributed by atoms with Gasteiger partial charge in [-0.15, -0.1) is 11.3 Å². The molecule has 33 heavy (non-hydrogen) atoms. The molecule has 1 saturated heterocycles. The van der Waals surface area contributed by atoms with Crippen molar-refractivity contribution in [1.29, 1.82) is 0 Å². The number of carbonyl (C=O) groups is 1. The van der Waals surface area contributed by atoms with Gasteiger partial charge in [-0.05, 0) is 37.0 Å². The van der Waals surface area contributed by atoms with Gasteiger partial charge < -0.3 is 4.90 Å². The second-order valence-electron chi connectivity index (χ2n) is 8.81. The van der Waals surface area contributed by atoms with Crippen LogP contribution in [0.3, 0.4) is 0 Å². The maximum atomic E-state index is 13.4. The van der Waals surface area contributed by atoms with Crippen LogP contribution in [0.5, 0.6) is 0 Å². The molecule has 1 atom stereocenters. The van der Waals surface area contributed by atoms with Crippen molar-refractivity contribution in [3.63, 3.8) is 0 Å². The lowest BCUT2D eigenvalue weighted by Gasteiger charge is -2.34. The van der Waals surface area contributed by atoms with Crippen molar-refractivity contribution in [2.45, 2.75) is 50.7 Å². The number of hydrogen-bond acceptors (Lipinski definition) is 6. The van der Waals surface area contributed by atoms with Gasteiger partial charge in [0.05, 0.1) is 23.2 Å². The maximum Gasteiger partial charge on any atom is 0.263 e. The fourth-order valence-electron chi connectivity index (χ4n) is 5.03. The number of rotatable bonds is 5. The molecule has 2 aliphatic rings. The van der Waals surface area contributed by atoms with Crippen LogP contribution in [0.4, 0.5) is 4.39 Å². The van der Waals surface area contributed by atoms with Crippen LogP contribution >= 0.6 is 11.3 Å². The van der Waals surface area contributed by atoms with Crippen LogP contribution in [0.15, 0.2) is 40.8 Å². The summed E-state index contributed by atoms with van der Waals surface area (Å²) in [5.41, 5.74) is 1.03. The molecule has 3 aromatic rings. The number of thiophene rings is 1. The Morgan fingerprint density at radius 3 is 2.55 bits per heavy atom. The summed E-state index contributed by atoms with van der Waals surface area (Å²) >= 11 is 1.32. The van der Waals surface area contributed by atoms with Gasteiger partial charge in [-0.25, -0.2) is 17.8 Å². The molecule has 1 unspecified atom stereocenters. The molecule has 2 fully saturated rings. The predicted octanol–water partition coefficient (Wildman–Crippen LogP) is 3.22. The third-order valence-electron chi connectivity index (χ3n) is 6.63. The summed E-state index contributed by atoms with van der Waals surface area (Å²) in [7, 11) is -3.15. The van der Waals surface area contributed by atoms with Crippen molar-refractivity contribution in [3.8, 4) is 11.1 Å². The van der Waals surface area contributed by atoms with Crippen molar-refractivity contribution < 1.29 is 17.6 Å². The lowest BCUT2D eigenvalue weighted by atomic mass is 10.1. The van der Waals surface area contributed by atoms with Crippen LogP contribution in [-0.4, -0.2) is 52.4 Å². The summed E-state index contributed by atoms with van der Waals surface area (Å²) in [6.07, 6.45) is 5.55. The fraction of sp³-hybridized carbons (Fsp3) is 0.435. The van der Waals surface area contributed by atoms with Crippen molar-refractivity contribution >= 4 is 37.3 Å². The molecular formula is C23H24FN3O4S2. The molecule has 1 aliphatic heterocycles. The molecule has 0 N–H and O–H groups in total. The van der Waals surface area contributed by atoms with E-state index in [0.29, 0.717) is 27.8 Å². The van der Waals surface area contributed by atoms with Gasteiger partial charge in [-0.2, -0.15) is 0 Å². The van der Waals surface area contributed by atoms with Crippen LogP contribution in [-0.2, 0) is 21.2 Å². The molecule has 1 aromatic carbocycles. The van der Waals surface area contributed by atoms with E-state index in [2.05, 4.69) is 4.98 Å². The standard InChI is InChI=1S/C23H24FN3O4S2/c24-16-7-5-15(6-8-16)19-12-32-22-21(19)23(29)26(14-25-22)11-20(28)27(17-3-1-2-4-17)18-9-10-33(30,31)13-18/h5-8,12,14,17-18H,1-4,9-11,13H2. The van der Waals surface area contributed by atoms with Gasteiger partial charge in [0, 0.05) is 23.0 Å². The highest BCUT2D eigenvalue weighted by molar-refractivity contribution is 7.91. The summed E-state index contributed by atoms with van der Waals surface area (Å²) in [6.45, 7) is -0.187. The SMILES string of the molecule is O=C(Cn1cnc2scc(-c3ccc(F)cc3)c2c1=O)N(C1CCCC1)C1CCS(=O)(=O)C1. The minimum atomic E-state index is -3.15. The first kappa shape index (κ1) is 22.2. The topological polar surface area (TPSA) is 89.3 Å². The Morgan fingerprint density at radius 2 is 1.88 bits per heavy atom. The van der Waals surface area contributed by atoms with Gasteiger partial charge in [0.1, 0.15) is 17.2 Å². The Morgan fingerprint density at radius 1 is 1.15 bits per heavy atom. The van der Waals surface area contributed by atoms with E-state index >= 15 is 0 Å². The van der Waals surface area contributed by atoms with Gasteiger partial charge in [0.2, 0.25) is 5.91 Å². The molecule has 0 radical (unpaired) electrons. The normalized spacial score (nSPS) is 20.5. The van der Waals surface area contributed by atoms with E-state index in [0.717, 1.165) is 25.7 Å². The molecule has 0 bridgehead atoms. The molecule has 3 heterocycles. The average Bonchev–Trinajstić information content (AvgIpc) is 3.52. The van der Waals surface area contributed by atoms with E-state index in [-0.39, 0.29) is 47.4 Å². The number of hydrogen-bond donors (Lipinski definition) is 0. The summed E-state index contributed by atoms with van der Waals surface area (Å²) in [5, 5.41) is 2.21. The predicted molar refractivity (Wildman–Crippen MR) is 125 cm³/mol. The Hall–Kier alpha value is -2.59. The lowest BCUT2D eigenvalue weighted by Crippen LogP contribution is -2.49. The van der Waals surface area contributed by atoms with Crippen LogP contribution in [0.1, 0.15) is 32.1 Å². The molecule has 2 aromatic heterocycles. The molecule has 1 saturated carbocycles. The van der Waals surface area contributed by atoms with Gasteiger partial charge in [-0.1, -0.05) is 25.0 Å². The van der Waals surface area contributed by atoms with Gasteiger partial charge in [0.15, 0.2) is 9.84 Å². The van der Waals surface area contributed by atoms with Crippen LogP contribution in [0.25, 0.3) is 21.3 Å². The molecule has 1 amide bonds. The molecule has 0 spiro atoms. The summed E-state index contributed by atoms with van der Waals surface area (Å²) in [4.78, 5) is 33.4. The molecule has 174 valence electrons. The first-order valence-corrected chi connectivity index (χ1v) is 13.8. The molecule has 10 heteroatoms. The molecule has 7 nitrogen and oxygen atoms in total. The number of sulfone groups is 1. The number of halogens is 1. The van der Waals surface area contributed by atoms with Gasteiger partial charge >= 0.3 is 0 Å². The van der Waals surface area contributed by atoms with Crippen molar-refractivity contribution in [2.24, 2.45) is 0 Å². The fourth-order valence-corrected chi connectivity index (χ4v) is 7.65. The average molecular weight is 490 g/mol. The summed E-state index contributed by atoms with van der Waals surface area (Å²) in [5.74, 6) is -0.524. The van der Waals surface area contributed by atoms with E-state index in [1.54, 1.807) is 17.0 Å². The van der Waals surface area contributed by atoms with E-state index in [1.807, 2.05) is 5.38 Å². The number of benzene rings is 1. The summed E-state index contributed by atoms with van der Waals surface area (Å²) < 4.78 is 38.8. The van der Waals surface area contributed by atoms with E-state index in [9.17, 15) is 22.4 Å². The first-order valence-electron chi connectivity index (χ1n) is 11.1. The van der Waals surface area contributed by atoms with Crippen molar-refractivity contribution in [2.75, 3.05) is 11.5 Å². The van der Waals surface area contributed by atoms with Crippen molar-refractivity contribution in [3.05, 3.63) is 52.1 Å². The number of amides is 1. The molecule has 5 rings (SSSR count). The second kappa shape index (κ2) is 8.64. The quantitative estimate of drug-likeness (QED) is 0.549. The smallest absolute Gasteiger partial charge is 0.263 e. The molecular weight excluding hydrogens is 465 g/mol. The third-order valence-corrected chi connectivity index (χ3v) is 9.27. The van der Waals surface area contributed by atoms with E-state index in [4.69, 9.17) is 0 Å². The van der Waals surface area contributed by atoms with Gasteiger partial charge in [-0.3, -0.25) is 14.2 Å². The third kappa shape index (κ3) is 4.33. The highest BCUT2D eigenvalue weighted by Crippen LogP contribution is 2.31. The van der Waals surface area contributed by atoms with E-state index < -0.39 is 9.84 Å². The maximum absolute atomic E-state index is 13.4. The minimum Gasteiger partial charge on any atom is -0.334 e. The monoisotopic (exact) mass is 489 g/mol. The van der Waals surface area contributed by atoms with Crippen LogP contribution in [0.2, 0.25) is 0 Å².